The van der Waals surface area contributed by atoms with Gasteiger partial charge in [-0.05, 0) is 26.4 Å². The van der Waals surface area contributed by atoms with Gasteiger partial charge in [-0.25, -0.2) is 0 Å². The summed E-state index contributed by atoms with van der Waals surface area (Å²) in [5.41, 5.74) is 0. The fraction of sp³-hybridized carbons (Fsp3) is 1.00. The predicted octanol–water partition coefficient (Wildman–Crippen LogP) is 4.32. The summed E-state index contributed by atoms with van der Waals surface area (Å²) in [4.78, 5) is 2.49. The van der Waals surface area contributed by atoms with E-state index in [0.717, 1.165) is 6.04 Å². The molecule has 0 spiro atoms. The predicted molar refractivity (Wildman–Crippen MR) is 67.9 cm³/mol. The molecule has 1 rings (SSSR count). The average Bonchev–Trinajstić information content (AvgIpc) is 2.34. The van der Waals surface area contributed by atoms with Gasteiger partial charge in [0.25, 0.3) is 0 Å². The van der Waals surface area contributed by atoms with E-state index in [0.29, 0.717) is 0 Å². The van der Waals surface area contributed by atoms with Crippen LogP contribution in [0.5, 0.6) is 0 Å². The van der Waals surface area contributed by atoms with Crippen molar-refractivity contribution in [2.24, 2.45) is 0 Å². The third-order valence-electron chi connectivity index (χ3n) is 2.70. The van der Waals surface area contributed by atoms with E-state index in [1.807, 2.05) is 27.7 Å². The number of rotatable bonds is 2. The second-order valence-corrected chi connectivity index (χ2v) is 3.37. The highest BCUT2D eigenvalue weighted by Gasteiger charge is 2.15. The molecule has 1 heteroatoms. The van der Waals surface area contributed by atoms with Gasteiger partial charge in [-0.1, -0.05) is 53.9 Å². The standard InChI is InChI=1S/C9H19N.2C2H6/c1-3-10(2)9-7-5-4-6-8-9;2*1-2/h9H,3-8H2,1-2H3;2*1-2H3. The Labute approximate surface area is 91.9 Å². The van der Waals surface area contributed by atoms with Crippen molar-refractivity contribution in [3.63, 3.8) is 0 Å². The molecule has 1 nitrogen and oxygen atoms in total. The molecule has 1 aliphatic rings. The summed E-state index contributed by atoms with van der Waals surface area (Å²) >= 11 is 0. The van der Waals surface area contributed by atoms with Gasteiger partial charge < -0.3 is 4.90 Å². The van der Waals surface area contributed by atoms with Crippen molar-refractivity contribution in [1.29, 1.82) is 0 Å². The van der Waals surface area contributed by atoms with Crippen molar-refractivity contribution >= 4 is 0 Å². The summed E-state index contributed by atoms with van der Waals surface area (Å²) in [6.07, 6.45) is 7.24. The van der Waals surface area contributed by atoms with Crippen LogP contribution in [0.25, 0.3) is 0 Å². The van der Waals surface area contributed by atoms with E-state index in [2.05, 4.69) is 18.9 Å². The molecule has 1 fully saturated rings. The molecule has 0 heterocycles. The van der Waals surface area contributed by atoms with Gasteiger partial charge in [0, 0.05) is 6.04 Å². The topological polar surface area (TPSA) is 3.24 Å². The average molecular weight is 201 g/mol. The molecule has 0 bridgehead atoms. The van der Waals surface area contributed by atoms with Gasteiger partial charge in [0.15, 0.2) is 0 Å². The van der Waals surface area contributed by atoms with Crippen molar-refractivity contribution in [3.05, 3.63) is 0 Å². The van der Waals surface area contributed by atoms with Crippen LogP contribution in [0.3, 0.4) is 0 Å². The second-order valence-electron chi connectivity index (χ2n) is 3.37. The Kier molecular flexibility index (Phi) is 15.2. The van der Waals surface area contributed by atoms with Crippen molar-refractivity contribution in [1.82, 2.24) is 4.90 Å². The van der Waals surface area contributed by atoms with Crippen LogP contribution in [0, 0.1) is 0 Å². The lowest BCUT2D eigenvalue weighted by atomic mass is 9.95. The van der Waals surface area contributed by atoms with Crippen molar-refractivity contribution < 1.29 is 0 Å². The normalized spacial score (nSPS) is 16.5. The monoisotopic (exact) mass is 201 g/mol. The molecule has 0 unspecified atom stereocenters. The molecule has 0 saturated heterocycles. The minimum absolute atomic E-state index is 0.902. The highest BCUT2D eigenvalue weighted by Crippen LogP contribution is 2.20. The molecule has 0 aromatic rings. The Bertz CT molecular complexity index is 85.2. The first-order valence-corrected chi connectivity index (χ1v) is 6.55. The minimum Gasteiger partial charge on any atom is -0.304 e. The first-order chi connectivity index (χ1) is 6.84. The van der Waals surface area contributed by atoms with Crippen LogP contribution in [-0.2, 0) is 0 Å². The molecule has 0 atom stereocenters. The van der Waals surface area contributed by atoms with E-state index >= 15 is 0 Å². The molecule has 0 radical (unpaired) electrons. The number of nitrogens with zero attached hydrogens (tertiary/aromatic N) is 1. The molecule has 0 aromatic heterocycles. The van der Waals surface area contributed by atoms with Crippen LogP contribution < -0.4 is 0 Å². The van der Waals surface area contributed by atoms with Gasteiger partial charge in [0.05, 0.1) is 0 Å². The Morgan fingerprint density at radius 2 is 1.36 bits per heavy atom. The van der Waals surface area contributed by atoms with Gasteiger partial charge in [0.2, 0.25) is 0 Å². The van der Waals surface area contributed by atoms with E-state index < -0.39 is 0 Å². The minimum atomic E-state index is 0.902. The lowest BCUT2D eigenvalue weighted by molar-refractivity contribution is 0.200. The Morgan fingerprint density at radius 3 is 1.71 bits per heavy atom. The summed E-state index contributed by atoms with van der Waals surface area (Å²) in [6.45, 7) is 11.5. The zero-order chi connectivity index (χ0) is 11.4. The van der Waals surface area contributed by atoms with E-state index in [9.17, 15) is 0 Å². The lowest BCUT2D eigenvalue weighted by Crippen LogP contribution is -2.32. The largest absolute Gasteiger partial charge is 0.304 e. The Hall–Kier alpha value is -0.0400. The third kappa shape index (κ3) is 7.37. The molecule has 0 aromatic carbocycles. The van der Waals surface area contributed by atoms with E-state index in [-0.39, 0.29) is 0 Å². The molecule has 1 saturated carbocycles. The zero-order valence-corrected chi connectivity index (χ0v) is 11.3. The molecular weight excluding hydrogens is 170 g/mol. The van der Waals surface area contributed by atoms with E-state index in [1.165, 1.54) is 38.6 Å². The Morgan fingerprint density at radius 1 is 0.929 bits per heavy atom. The van der Waals surface area contributed by atoms with Gasteiger partial charge in [-0.2, -0.15) is 0 Å². The van der Waals surface area contributed by atoms with Crippen molar-refractivity contribution in [2.45, 2.75) is 72.8 Å². The third-order valence-corrected chi connectivity index (χ3v) is 2.70. The van der Waals surface area contributed by atoms with Gasteiger partial charge in [0.1, 0.15) is 0 Å². The zero-order valence-electron chi connectivity index (χ0n) is 11.3. The summed E-state index contributed by atoms with van der Waals surface area (Å²) in [6, 6.07) is 0.902. The SMILES string of the molecule is CC.CC.CCN(C)C1CCCCC1. The molecule has 88 valence electrons. The second kappa shape index (κ2) is 13.0. The lowest BCUT2D eigenvalue weighted by Gasteiger charge is -2.29. The maximum Gasteiger partial charge on any atom is 0.00920 e. The molecule has 0 N–H and O–H groups in total. The molecular formula is C13H31N. The van der Waals surface area contributed by atoms with E-state index in [1.54, 1.807) is 0 Å². The van der Waals surface area contributed by atoms with Crippen LogP contribution >= 0.6 is 0 Å². The summed E-state index contributed by atoms with van der Waals surface area (Å²) in [5, 5.41) is 0. The quantitative estimate of drug-likeness (QED) is 0.643. The molecule has 0 amide bonds. The summed E-state index contributed by atoms with van der Waals surface area (Å²) < 4.78 is 0. The number of hydrogen-bond donors (Lipinski definition) is 0. The highest BCUT2D eigenvalue weighted by molar-refractivity contribution is 4.72. The van der Waals surface area contributed by atoms with Crippen LogP contribution in [0.1, 0.15) is 66.7 Å². The van der Waals surface area contributed by atoms with Crippen LogP contribution in [0.15, 0.2) is 0 Å². The maximum absolute atomic E-state index is 2.49. The Balaban J connectivity index is 0. The molecule has 1 aliphatic carbocycles. The number of hydrogen-bond acceptors (Lipinski definition) is 1. The first kappa shape index (κ1) is 16.4. The summed E-state index contributed by atoms with van der Waals surface area (Å²) in [5.74, 6) is 0. The molecule has 0 aliphatic heterocycles. The van der Waals surface area contributed by atoms with Crippen LogP contribution in [-0.4, -0.2) is 24.5 Å². The van der Waals surface area contributed by atoms with Crippen molar-refractivity contribution in [2.75, 3.05) is 13.6 Å². The fourth-order valence-electron chi connectivity index (χ4n) is 1.78. The summed E-state index contributed by atoms with van der Waals surface area (Å²) in [7, 11) is 2.25. The van der Waals surface area contributed by atoms with Gasteiger partial charge in [-0.3, -0.25) is 0 Å². The highest BCUT2D eigenvalue weighted by atomic mass is 15.1. The van der Waals surface area contributed by atoms with Crippen LogP contribution in [0.4, 0.5) is 0 Å². The van der Waals surface area contributed by atoms with E-state index in [4.69, 9.17) is 0 Å². The van der Waals surface area contributed by atoms with Gasteiger partial charge >= 0.3 is 0 Å². The van der Waals surface area contributed by atoms with Crippen LogP contribution in [0.2, 0.25) is 0 Å². The van der Waals surface area contributed by atoms with Crippen molar-refractivity contribution in [3.8, 4) is 0 Å². The maximum atomic E-state index is 2.49. The fourth-order valence-corrected chi connectivity index (χ4v) is 1.78. The smallest absolute Gasteiger partial charge is 0.00920 e. The van der Waals surface area contributed by atoms with Gasteiger partial charge in [-0.15, -0.1) is 0 Å². The molecule has 14 heavy (non-hydrogen) atoms. The first-order valence-electron chi connectivity index (χ1n) is 6.55.